The van der Waals surface area contributed by atoms with Crippen molar-refractivity contribution in [2.45, 2.75) is 19.3 Å². The van der Waals surface area contributed by atoms with Gasteiger partial charge in [0, 0.05) is 12.2 Å². The molecule has 0 saturated carbocycles. The first kappa shape index (κ1) is 15.5. The number of likely N-dealkylation sites (N-methyl/N-ethyl adjacent to an activating group) is 1. The summed E-state index contributed by atoms with van der Waals surface area (Å²) >= 11 is 0. The summed E-state index contributed by atoms with van der Waals surface area (Å²) in [4.78, 5) is 13.8. The topological polar surface area (TPSA) is 81.0 Å². The van der Waals surface area contributed by atoms with Gasteiger partial charge in [0.25, 0.3) is 0 Å². The molecule has 0 amide bonds. The Hall–Kier alpha value is -1.59. The molecular formula is C14H21NO4. The highest BCUT2D eigenvalue weighted by Crippen LogP contribution is 2.25. The zero-order chi connectivity index (χ0) is 14.3. The second-order valence-electron chi connectivity index (χ2n) is 4.65. The maximum atomic E-state index is 11.9. The lowest BCUT2D eigenvalue weighted by atomic mass is 10.1. The van der Waals surface area contributed by atoms with E-state index in [1.54, 1.807) is 0 Å². The largest absolute Gasteiger partial charge is 0.504 e. The molecule has 0 aliphatic heterocycles. The summed E-state index contributed by atoms with van der Waals surface area (Å²) in [6.07, 6.45) is 2.66. The lowest BCUT2D eigenvalue weighted by Gasteiger charge is -2.15. The molecule has 0 fully saturated rings. The van der Waals surface area contributed by atoms with Crippen LogP contribution in [0, 0.1) is 0 Å². The first-order valence-electron chi connectivity index (χ1n) is 6.39. The minimum Gasteiger partial charge on any atom is -0.504 e. The van der Waals surface area contributed by atoms with Gasteiger partial charge in [0.15, 0.2) is 17.3 Å². The van der Waals surface area contributed by atoms with Crippen LogP contribution in [-0.2, 0) is 0 Å². The van der Waals surface area contributed by atoms with Crippen LogP contribution in [0.1, 0.15) is 29.6 Å². The lowest BCUT2D eigenvalue weighted by molar-refractivity contribution is 0.0944. The molecule has 0 aromatic heterocycles. The lowest BCUT2D eigenvalue weighted by Crippen LogP contribution is -2.27. The Morgan fingerprint density at radius 2 is 1.89 bits per heavy atom. The van der Waals surface area contributed by atoms with Crippen LogP contribution in [0.2, 0.25) is 0 Å². The number of Topliss-reactive ketones (excluding diaryl/α,β-unsaturated/α-hetero) is 1. The van der Waals surface area contributed by atoms with Crippen molar-refractivity contribution in [3.8, 4) is 11.5 Å². The van der Waals surface area contributed by atoms with E-state index in [9.17, 15) is 15.0 Å². The highest BCUT2D eigenvalue weighted by atomic mass is 16.3. The van der Waals surface area contributed by atoms with Gasteiger partial charge in [0.2, 0.25) is 0 Å². The fourth-order valence-corrected chi connectivity index (χ4v) is 1.78. The SMILES string of the molecule is CN(CCCCCO)CC(=O)c1ccc(O)c(O)c1. The number of rotatable bonds is 8. The van der Waals surface area contributed by atoms with Crippen molar-refractivity contribution >= 4 is 5.78 Å². The molecule has 106 valence electrons. The van der Waals surface area contributed by atoms with Crippen molar-refractivity contribution in [2.24, 2.45) is 0 Å². The molecule has 0 aliphatic rings. The summed E-state index contributed by atoms with van der Waals surface area (Å²) < 4.78 is 0. The highest BCUT2D eigenvalue weighted by Gasteiger charge is 2.11. The quantitative estimate of drug-likeness (QED) is 0.376. The van der Waals surface area contributed by atoms with E-state index in [4.69, 9.17) is 5.11 Å². The molecule has 3 N–H and O–H groups in total. The van der Waals surface area contributed by atoms with Gasteiger partial charge in [0.1, 0.15) is 0 Å². The second-order valence-corrected chi connectivity index (χ2v) is 4.65. The van der Waals surface area contributed by atoms with Crippen LogP contribution in [0.15, 0.2) is 18.2 Å². The van der Waals surface area contributed by atoms with Gasteiger partial charge in [-0.1, -0.05) is 0 Å². The van der Waals surface area contributed by atoms with Crippen molar-refractivity contribution in [1.29, 1.82) is 0 Å². The van der Waals surface area contributed by atoms with Crippen LogP contribution in [0.3, 0.4) is 0 Å². The summed E-state index contributed by atoms with van der Waals surface area (Å²) in [6.45, 7) is 1.26. The van der Waals surface area contributed by atoms with E-state index in [-0.39, 0.29) is 30.4 Å². The Labute approximate surface area is 113 Å². The molecule has 1 rings (SSSR count). The Morgan fingerprint density at radius 3 is 2.53 bits per heavy atom. The maximum Gasteiger partial charge on any atom is 0.176 e. The smallest absolute Gasteiger partial charge is 0.176 e. The van der Waals surface area contributed by atoms with Crippen molar-refractivity contribution in [1.82, 2.24) is 4.90 Å². The number of nitrogens with zero attached hydrogens (tertiary/aromatic N) is 1. The second kappa shape index (κ2) is 7.76. The fourth-order valence-electron chi connectivity index (χ4n) is 1.78. The normalized spacial score (nSPS) is 10.9. The van der Waals surface area contributed by atoms with E-state index in [0.29, 0.717) is 5.56 Å². The number of aromatic hydroxyl groups is 2. The molecule has 0 spiro atoms. The molecule has 1 aromatic carbocycles. The fraction of sp³-hybridized carbons (Fsp3) is 0.500. The third-order valence-electron chi connectivity index (χ3n) is 2.91. The Kier molecular flexibility index (Phi) is 6.32. The molecule has 0 heterocycles. The minimum absolute atomic E-state index is 0.0973. The first-order valence-corrected chi connectivity index (χ1v) is 6.39. The predicted octanol–water partition coefficient (Wildman–Crippen LogP) is 1.37. The van der Waals surface area contributed by atoms with Crippen molar-refractivity contribution < 1.29 is 20.1 Å². The van der Waals surface area contributed by atoms with E-state index in [1.807, 2.05) is 11.9 Å². The van der Waals surface area contributed by atoms with Crippen molar-refractivity contribution in [3.05, 3.63) is 23.8 Å². The molecule has 1 aromatic rings. The number of carbonyl (C=O) groups is 1. The standard InChI is InChI=1S/C14H21NO4/c1-15(7-3-2-4-8-16)10-14(19)11-5-6-12(17)13(18)9-11/h5-6,9,16-18H,2-4,7-8,10H2,1H3. The monoisotopic (exact) mass is 267 g/mol. The van der Waals surface area contributed by atoms with Crippen LogP contribution in [-0.4, -0.2) is 52.7 Å². The Bertz CT molecular complexity index is 420. The molecule has 5 nitrogen and oxygen atoms in total. The van der Waals surface area contributed by atoms with Crippen molar-refractivity contribution in [2.75, 3.05) is 26.7 Å². The number of ketones is 1. The van der Waals surface area contributed by atoms with E-state index >= 15 is 0 Å². The van der Waals surface area contributed by atoms with E-state index < -0.39 is 0 Å². The highest BCUT2D eigenvalue weighted by molar-refractivity contribution is 5.98. The van der Waals surface area contributed by atoms with Gasteiger partial charge in [-0.25, -0.2) is 0 Å². The molecule has 0 atom stereocenters. The Morgan fingerprint density at radius 1 is 1.16 bits per heavy atom. The molecular weight excluding hydrogens is 246 g/mol. The summed E-state index contributed by atoms with van der Waals surface area (Å²) in [5, 5.41) is 27.2. The number of carbonyl (C=O) groups excluding carboxylic acids is 1. The average molecular weight is 267 g/mol. The van der Waals surface area contributed by atoms with E-state index in [0.717, 1.165) is 25.8 Å². The Balaban J connectivity index is 2.43. The predicted molar refractivity (Wildman–Crippen MR) is 72.5 cm³/mol. The van der Waals surface area contributed by atoms with Crippen molar-refractivity contribution in [3.63, 3.8) is 0 Å². The number of unbranched alkanes of at least 4 members (excludes halogenated alkanes) is 2. The number of benzene rings is 1. The average Bonchev–Trinajstić information content (AvgIpc) is 2.38. The number of aliphatic hydroxyl groups excluding tert-OH is 1. The molecule has 0 unspecified atom stereocenters. The molecule has 19 heavy (non-hydrogen) atoms. The van der Waals surface area contributed by atoms with E-state index in [1.165, 1.54) is 18.2 Å². The molecule has 0 radical (unpaired) electrons. The van der Waals surface area contributed by atoms with E-state index in [2.05, 4.69) is 0 Å². The number of hydrogen-bond acceptors (Lipinski definition) is 5. The van der Waals surface area contributed by atoms with Crippen LogP contribution in [0.25, 0.3) is 0 Å². The van der Waals surface area contributed by atoms with Crippen LogP contribution < -0.4 is 0 Å². The van der Waals surface area contributed by atoms with Gasteiger partial charge in [-0.2, -0.15) is 0 Å². The van der Waals surface area contributed by atoms with Gasteiger partial charge < -0.3 is 15.3 Å². The summed E-state index contributed by atoms with van der Waals surface area (Å²) in [7, 11) is 1.86. The zero-order valence-corrected chi connectivity index (χ0v) is 11.2. The van der Waals surface area contributed by atoms with Crippen LogP contribution >= 0.6 is 0 Å². The number of phenols is 2. The molecule has 0 bridgehead atoms. The minimum atomic E-state index is -0.281. The third kappa shape index (κ3) is 5.28. The zero-order valence-electron chi connectivity index (χ0n) is 11.2. The maximum absolute atomic E-state index is 11.9. The third-order valence-corrected chi connectivity index (χ3v) is 2.91. The summed E-state index contributed by atoms with van der Waals surface area (Å²) in [5.74, 6) is -0.606. The molecule has 5 heteroatoms. The van der Waals surface area contributed by atoms with Gasteiger partial charge in [0.05, 0.1) is 6.54 Å². The van der Waals surface area contributed by atoms with Crippen LogP contribution in [0.5, 0.6) is 11.5 Å². The number of aliphatic hydroxyl groups is 1. The number of hydrogen-bond donors (Lipinski definition) is 3. The van der Waals surface area contributed by atoms with Gasteiger partial charge in [-0.05, 0) is 51.1 Å². The van der Waals surface area contributed by atoms with Gasteiger partial charge in [-0.3, -0.25) is 9.69 Å². The summed E-state index contributed by atoms with van der Waals surface area (Å²) in [5.41, 5.74) is 0.387. The van der Waals surface area contributed by atoms with Gasteiger partial charge in [-0.15, -0.1) is 0 Å². The summed E-state index contributed by atoms with van der Waals surface area (Å²) in [6, 6.07) is 4.08. The van der Waals surface area contributed by atoms with Crippen LogP contribution in [0.4, 0.5) is 0 Å². The van der Waals surface area contributed by atoms with Gasteiger partial charge >= 0.3 is 0 Å². The molecule has 0 aliphatic carbocycles. The first-order chi connectivity index (χ1) is 9.04. The molecule has 0 saturated heterocycles. The number of phenolic OH excluding ortho intramolecular Hbond substituents is 2.